The summed E-state index contributed by atoms with van der Waals surface area (Å²) in [6, 6.07) is 0. The first kappa shape index (κ1) is 17.7. The van der Waals surface area contributed by atoms with Gasteiger partial charge in [0.2, 0.25) is 5.91 Å². The fourth-order valence-electron chi connectivity index (χ4n) is 1.74. The van der Waals surface area contributed by atoms with Crippen molar-refractivity contribution >= 4 is 18.3 Å². The van der Waals surface area contributed by atoms with Crippen LogP contribution < -0.4 is 10.6 Å². The van der Waals surface area contributed by atoms with E-state index in [1.165, 1.54) is 0 Å². The third-order valence-electron chi connectivity index (χ3n) is 3.15. The van der Waals surface area contributed by atoms with Crippen LogP contribution in [0.3, 0.4) is 0 Å². The molecule has 0 radical (unpaired) electrons. The number of carbonyl (C=O) groups excluding carboxylic acids is 1. The number of nitrogens with one attached hydrogen (secondary N) is 2. The van der Waals surface area contributed by atoms with E-state index in [9.17, 15) is 4.79 Å². The van der Waals surface area contributed by atoms with Gasteiger partial charge in [0.15, 0.2) is 0 Å². The summed E-state index contributed by atoms with van der Waals surface area (Å²) < 4.78 is 5.46. The fourth-order valence-corrected chi connectivity index (χ4v) is 1.74. The van der Waals surface area contributed by atoms with E-state index in [-0.39, 0.29) is 24.2 Å². The van der Waals surface area contributed by atoms with Gasteiger partial charge in [-0.3, -0.25) is 4.79 Å². The number of hydrogen-bond donors (Lipinski definition) is 2. The molecule has 0 aromatic carbocycles. The van der Waals surface area contributed by atoms with Gasteiger partial charge in [-0.1, -0.05) is 20.8 Å². The summed E-state index contributed by atoms with van der Waals surface area (Å²) >= 11 is 0. The largest absolute Gasteiger partial charge is 0.381 e. The molecule has 1 rings (SSSR count). The average molecular weight is 279 g/mol. The zero-order chi connectivity index (χ0) is 12.7. The summed E-state index contributed by atoms with van der Waals surface area (Å²) in [5, 5.41) is 6.16. The second kappa shape index (κ2) is 9.59. The first-order chi connectivity index (χ1) is 8.11. The molecule has 18 heavy (non-hydrogen) atoms. The van der Waals surface area contributed by atoms with Crippen LogP contribution in [0, 0.1) is 17.8 Å². The van der Waals surface area contributed by atoms with Gasteiger partial charge in [-0.25, -0.2) is 0 Å². The van der Waals surface area contributed by atoms with Crippen molar-refractivity contribution < 1.29 is 9.53 Å². The van der Waals surface area contributed by atoms with E-state index in [0.717, 1.165) is 39.3 Å². The molecule has 1 aliphatic rings. The molecule has 1 unspecified atom stereocenters. The van der Waals surface area contributed by atoms with Gasteiger partial charge in [-0.15, -0.1) is 12.4 Å². The lowest BCUT2D eigenvalue weighted by atomic mass is 9.88. The van der Waals surface area contributed by atoms with Crippen molar-refractivity contribution in [1.82, 2.24) is 10.6 Å². The van der Waals surface area contributed by atoms with Crippen molar-refractivity contribution in [2.45, 2.75) is 27.2 Å². The Morgan fingerprint density at radius 3 is 2.56 bits per heavy atom. The molecule has 4 nitrogen and oxygen atoms in total. The van der Waals surface area contributed by atoms with Crippen LogP contribution in [0.15, 0.2) is 0 Å². The maximum Gasteiger partial charge on any atom is 0.223 e. The quantitative estimate of drug-likeness (QED) is 0.661. The number of carbonyl (C=O) groups is 1. The molecule has 1 saturated heterocycles. The Bertz CT molecular complexity index is 233. The van der Waals surface area contributed by atoms with E-state index in [2.05, 4.69) is 24.5 Å². The maximum atomic E-state index is 11.7. The maximum absolute atomic E-state index is 11.7. The SMILES string of the molecule is CC(C)COCCCNC(=O)C(C)C1CNC1.Cl. The molecular formula is C13H27ClN2O2. The minimum absolute atomic E-state index is 0. The van der Waals surface area contributed by atoms with Crippen molar-refractivity contribution in [1.29, 1.82) is 0 Å². The summed E-state index contributed by atoms with van der Waals surface area (Å²) in [4.78, 5) is 11.7. The average Bonchev–Trinajstić information content (AvgIpc) is 2.19. The van der Waals surface area contributed by atoms with E-state index >= 15 is 0 Å². The van der Waals surface area contributed by atoms with Crippen LogP contribution >= 0.6 is 12.4 Å². The number of halogens is 1. The Morgan fingerprint density at radius 2 is 2.06 bits per heavy atom. The van der Waals surface area contributed by atoms with E-state index in [1.807, 2.05) is 6.92 Å². The minimum Gasteiger partial charge on any atom is -0.381 e. The Morgan fingerprint density at radius 1 is 1.39 bits per heavy atom. The lowest BCUT2D eigenvalue weighted by Gasteiger charge is -2.31. The van der Waals surface area contributed by atoms with Crippen LogP contribution in [0.4, 0.5) is 0 Å². The Balaban J connectivity index is 0.00000289. The third-order valence-corrected chi connectivity index (χ3v) is 3.15. The second-order valence-corrected chi connectivity index (χ2v) is 5.32. The first-order valence-corrected chi connectivity index (χ1v) is 6.67. The van der Waals surface area contributed by atoms with E-state index in [4.69, 9.17) is 4.74 Å². The summed E-state index contributed by atoms with van der Waals surface area (Å²) in [5.74, 6) is 1.41. The molecule has 1 fully saturated rings. The molecule has 2 N–H and O–H groups in total. The summed E-state index contributed by atoms with van der Waals surface area (Å²) in [7, 11) is 0. The Hall–Kier alpha value is -0.320. The summed E-state index contributed by atoms with van der Waals surface area (Å²) in [5.41, 5.74) is 0. The van der Waals surface area contributed by atoms with Crippen LogP contribution in [0.2, 0.25) is 0 Å². The van der Waals surface area contributed by atoms with Gasteiger partial charge in [0.1, 0.15) is 0 Å². The monoisotopic (exact) mass is 278 g/mol. The molecule has 0 saturated carbocycles. The van der Waals surface area contributed by atoms with Crippen molar-refractivity contribution in [3.63, 3.8) is 0 Å². The predicted molar refractivity (Wildman–Crippen MR) is 76.1 cm³/mol. The van der Waals surface area contributed by atoms with Gasteiger partial charge < -0.3 is 15.4 Å². The van der Waals surface area contributed by atoms with Crippen LogP contribution in [0.5, 0.6) is 0 Å². The van der Waals surface area contributed by atoms with Crippen LogP contribution in [0.1, 0.15) is 27.2 Å². The van der Waals surface area contributed by atoms with Gasteiger partial charge in [0.25, 0.3) is 0 Å². The highest BCUT2D eigenvalue weighted by Gasteiger charge is 2.28. The molecule has 1 atom stereocenters. The standard InChI is InChI=1S/C13H26N2O2.ClH/c1-10(2)9-17-6-4-5-15-13(16)11(3)12-7-14-8-12;/h10-12,14H,4-9H2,1-3H3,(H,15,16);1H. The second-order valence-electron chi connectivity index (χ2n) is 5.32. The highest BCUT2D eigenvalue weighted by atomic mass is 35.5. The molecule has 1 heterocycles. The van der Waals surface area contributed by atoms with Crippen molar-refractivity contribution in [3.05, 3.63) is 0 Å². The highest BCUT2D eigenvalue weighted by molar-refractivity contribution is 5.85. The van der Waals surface area contributed by atoms with Crippen LogP contribution in [0.25, 0.3) is 0 Å². The third kappa shape index (κ3) is 6.57. The van der Waals surface area contributed by atoms with Crippen LogP contribution in [-0.2, 0) is 9.53 Å². The molecule has 0 aromatic heterocycles. The van der Waals surface area contributed by atoms with Gasteiger partial charge in [0, 0.05) is 25.7 Å². The van der Waals surface area contributed by atoms with Crippen molar-refractivity contribution in [2.24, 2.45) is 17.8 Å². The molecule has 0 bridgehead atoms. The molecular weight excluding hydrogens is 252 g/mol. The van der Waals surface area contributed by atoms with Gasteiger partial charge in [0.05, 0.1) is 0 Å². The molecule has 1 amide bonds. The van der Waals surface area contributed by atoms with Gasteiger partial charge in [-0.05, 0) is 31.3 Å². The Labute approximate surface area is 117 Å². The van der Waals surface area contributed by atoms with E-state index < -0.39 is 0 Å². The molecule has 1 aliphatic heterocycles. The fraction of sp³-hybridized carbons (Fsp3) is 0.923. The first-order valence-electron chi connectivity index (χ1n) is 6.67. The lowest BCUT2D eigenvalue weighted by molar-refractivity contribution is -0.126. The smallest absolute Gasteiger partial charge is 0.223 e. The van der Waals surface area contributed by atoms with Gasteiger partial charge >= 0.3 is 0 Å². The molecule has 108 valence electrons. The predicted octanol–water partition coefficient (Wildman–Crippen LogP) is 1.44. The number of ether oxygens (including phenoxy) is 1. The zero-order valence-corrected chi connectivity index (χ0v) is 12.5. The topological polar surface area (TPSA) is 50.4 Å². The number of amides is 1. The van der Waals surface area contributed by atoms with Crippen LogP contribution in [-0.4, -0.2) is 38.8 Å². The van der Waals surface area contributed by atoms with E-state index in [1.54, 1.807) is 0 Å². The summed E-state index contributed by atoms with van der Waals surface area (Å²) in [6.07, 6.45) is 0.897. The molecule has 5 heteroatoms. The number of rotatable bonds is 8. The minimum atomic E-state index is 0. The molecule has 0 spiro atoms. The van der Waals surface area contributed by atoms with Crippen molar-refractivity contribution in [3.8, 4) is 0 Å². The Kier molecular flexibility index (Phi) is 9.42. The molecule has 0 aliphatic carbocycles. The molecule has 0 aromatic rings. The van der Waals surface area contributed by atoms with Crippen molar-refractivity contribution in [2.75, 3.05) is 32.8 Å². The lowest BCUT2D eigenvalue weighted by Crippen LogP contribution is -2.49. The highest BCUT2D eigenvalue weighted by Crippen LogP contribution is 2.15. The van der Waals surface area contributed by atoms with Gasteiger partial charge in [-0.2, -0.15) is 0 Å². The van der Waals surface area contributed by atoms with E-state index in [0.29, 0.717) is 11.8 Å². The normalized spacial score (nSPS) is 16.9. The summed E-state index contributed by atoms with van der Waals surface area (Å²) in [6.45, 7) is 10.5. The number of hydrogen-bond acceptors (Lipinski definition) is 3. The zero-order valence-electron chi connectivity index (χ0n) is 11.7.